The molecule has 2 fully saturated rings. The van der Waals surface area contributed by atoms with Crippen LogP contribution in [0.25, 0.3) is 11.0 Å². The fourth-order valence-corrected chi connectivity index (χ4v) is 4.12. The number of anilines is 1. The molecule has 0 unspecified atom stereocenters. The van der Waals surface area contributed by atoms with Gasteiger partial charge >= 0.3 is 0 Å². The highest BCUT2D eigenvalue weighted by Crippen LogP contribution is 2.27. The maximum Gasteiger partial charge on any atom is 0.242 e. The topological polar surface area (TPSA) is 75.9 Å². The molecule has 2 aromatic rings. The minimum atomic E-state index is 0.0221. The highest BCUT2D eigenvalue weighted by atomic mass is 16.2. The van der Waals surface area contributed by atoms with Gasteiger partial charge in [0.2, 0.25) is 5.91 Å². The molecule has 1 saturated carbocycles. The van der Waals surface area contributed by atoms with Crippen LogP contribution in [0, 0.1) is 5.92 Å². The molecule has 7 heteroatoms. The maximum absolute atomic E-state index is 12.4. The molecule has 2 aromatic heterocycles. The van der Waals surface area contributed by atoms with Crippen LogP contribution in [-0.4, -0.2) is 44.8 Å². The van der Waals surface area contributed by atoms with Crippen molar-refractivity contribution in [2.75, 3.05) is 18.0 Å². The number of nitrogens with one attached hydrogen (secondary N) is 1. The Morgan fingerprint density at radius 2 is 1.92 bits per heavy atom. The van der Waals surface area contributed by atoms with Crippen molar-refractivity contribution in [3.63, 3.8) is 0 Å². The van der Waals surface area contributed by atoms with E-state index in [9.17, 15) is 4.79 Å². The molecule has 0 spiro atoms. The van der Waals surface area contributed by atoms with E-state index in [0.717, 1.165) is 48.7 Å². The molecule has 1 saturated heterocycles. The summed E-state index contributed by atoms with van der Waals surface area (Å²) in [7, 11) is 0. The van der Waals surface area contributed by atoms with Crippen molar-refractivity contribution < 1.29 is 4.79 Å². The zero-order chi connectivity index (χ0) is 17.9. The van der Waals surface area contributed by atoms with Crippen molar-refractivity contribution in [3.8, 4) is 0 Å². The zero-order valence-electron chi connectivity index (χ0n) is 15.5. The van der Waals surface area contributed by atoms with Gasteiger partial charge in [-0.2, -0.15) is 5.10 Å². The summed E-state index contributed by atoms with van der Waals surface area (Å²) in [5, 5.41) is 8.51. The van der Waals surface area contributed by atoms with E-state index in [2.05, 4.69) is 32.2 Å². The maximum atomic E-state index is 12.4. The van der Waals surface area contributed by atoms with Gasteiger partial charge in [-0.1, -0.05) is 26.2 Å². The van der Waals surface area contributed by atoms with E-state index in [1.54, 1.807) is 17.2 Å². The Bertz CT molecular complexity index is 758. The van der Waals surface area contributed by atoms with Gasteiger partial charge in [0, 0.05) is 19.1 Å². The third-order valence-corrected chi connectivity index (χ3v) is 5.76. The van der Waals surface area contributed by atoms with Crippen LogP contribution < -0.4 is 10.2 Å². The second-order valence-electron chi connectivity index (χ2n) is 7.81. The van der Waals surface area contributed by atoms with Crippen LogP contribution in [0.2, 0.25) is 0 Å². The average Bonchev–Trinajstić information content (AvgIpc) is 3.06. The molecule has 4 rings (SSSR count). The number of carbonyl (C=O) groups excluding carboxylic acids is 1. The SMILES string of the molecule is CC1CCN(c2ncnc3c2cnn3CC(=O)NC2CCCCC2)CC1. The molecule has 0 atom stereocenters. The molecule has 2 aliphatic rings. The lowest BCUT2D eigenvalue weighted by Gasteiger charge is -2.31. The van der Waals surface area contributed by atoms with Crippen molar-refractivity contribution >= 4 is 22.8 Å². The Morgan fingerprint density at radius 1 is 1.15 bits per heavy atom. The van der Waals surface area contributed by atoms with Crippen LogP contribution in [0.1, 0.15) is 51.9 Å². The lowest BCUT2D eigenvalue weighted by Crippen LogP contribution is -2.38. The molecule has 1 aliphatic carbocycles. The summed E-state index contributed by atoms with van der Waals surface area (Å²) >= 11 is 0. The van der Waals surface area contributed by atoms with Crippen molar-refractivity contribution in [2.45, 2.75) is 64.5 Å². The summed E-state index contributed by atoms with van der Waals surface area (Å²) in [5.74, 6) is 1.74. The van der Waals surface area contributed by atoms with E-state index in [1.165, 1.54) is 32.1 Å². The number of amides is 1. The summed E-state index contributed by atoms with van der Waals surface area (Å²) in [5.41, 5.74) is 0.743. The Morgan fingerprint density at radius 3 is 2.69 bits per heavy atom. The van der Waals surface area contributed by atoms with Gasteiger partial charge in [0.25, 0.3) is 0 Å². The van der Waals surface area contributed by atoms with Crippen LogP contribution in [-0.2, 0) is 11.3 Å². The van der Waals surface area contributed by atoms with Crippen LogP contribution in [0.15, 0.2) is 12.5 Å². The number of carbonyl (C=O) groups is 1. The summed E-state index contributed by atoms with van der Waals surface area (Å²) in [6.45, 7) is 4.55. The Balaban J connectivity index is 1.48. The molecular weight excluding hydrogens is 328 g/mol. The molecule has 0 bridgehead atoms. The molecule has 1 amide bonds. The zero-order valence-corrected chi connectivity index (χ0v) is 15.5. The first-order valence-corrected chi connectivity index (χ1v) is 9.91. The minimum Gasteiger partial charge on any atom is -0.356 e. The van der Waals surface area contributed by atoms with E-state index < -0.39 is 0 Å². The van der Waals surface area contributed by atoms with Crippen LogP contribution in [0.5, 0.6) is 0 Å². The fraction of sp³-hybridized carbons (Fsp3) is 0.684. The van der Waals surface area contributed by atoms with Crippen LogP contribution >= 0.6 is 0 Å². The molecule has 1 N–H and O–H groups in total. The fourth-order valence-electron chi connectivity index (χ4n) is 4.12. The minimum absolute atomic E-state index is 0.0221. The van der Waals surface area contributed by atoms with Gasteiger partial charge in [0.1, 0.15) is 18.7 Å². The number of hydrogen-bond donors (Lipinski definition) is 1. The first-order chi connectivity index (χ1) is 12.7. The number of rotatable bonds is 4. The highest BCUT2D eigenvalue weighted by molar-refractivity contribution is 5.88. The van der Waals surface area contributed by atoms with Gasteiger partial charge < -0.3 is 10.2 Å². The van der Waals surface area contributed by atoms with Gasteiger partial charge in [0.05, 0.1) is 11.6 Å². The van der Waals surface area contributed by atoms with Gasteiger partial charge in [-0.15, -0.1) is 0 Å². The number of piperidine rings is 1. The molecular formula is C19H28N6O. The standard InChI is InChI=1S/C19H28N6O/c1-14-7-9-24(10-8-14)18-16-11-22-25(19(16)21-13-20-18)12-17(26)23-15-5-3-2-4-6-15/h11,13-15H,2-10,12H2,1H3,(H,23,26). The number of nitrogens with zero attached hydrogens (tertiary/aromatic N) is 5. The molecule has 26 heavy (non-hydrogen) atoms. The Kier molecular flexibility index (Phi) is 5.04. The smallest absolute Gasteiger partial charge is 0.242 e. The number of hydrogen-bond acceptors (Lipinski definition) is 5. The summed E-state index contributed by atoms with van der Waals surface area (Å²) < 4.78 is 1.70. The first-order valence-electron chi connectivity index (χ1n) is 9.91. The van der Waals surface area contributed by atoms with E-state index in [4.69, 9.17) is 0 Å². The number of fused-ring (bicyclic) bond motifs is 1. The molecule has 3 heterocycles. The van der Waals surface area contributed by atoms with Gasteiger partial charge in [-0.25, -0.2) is 14.6 Å². The van der Waals surface area contributed by atoms with Gasteiger partial charge in [-0.3, -0.25) is 4.79 Å². The summed E-state index contributed by atoms with van der Waals surface area (Å²) in [6, 6.07) is 0.318. The summed E-state index contributed by atoms with van der Waals surface area (Å²) in [6.07, 6.45) is 11.6. The lowest BCUT2D eigenvalue weighted by molar-refractivity contribution is -0.122. The first kappa shape index (κ1) is 17.2. The number of aromatic nitrogens is 4. The van der Waals surface area contributed by atoms with Gasteiger partial charge in [-0.05, 0) is 31.6 Å². The van der Waals surface area contributed by atoms with Crippen molar-refractivity contribution in [1.29, 1.82) is 0 Å². The lowest BCUT2D eigenvalue weighted by atomic mass is 9.95. The third kappa shape index (κ3) is 3.66. The van der Waals surface area contributed by atoms with Crippen molar-refractivity contribution in [2.24, 2.45) is 5.92 Å². The molecule has 0 aromatic carbocycles. The highest BCUT2D eigenvalue weighted by Gasteiger charge is 2.21. The van der Waals surface area contributed by atoms with Crippen molar-refractivity contribution in [1.82, 2.24) is 25.1 Å². The van der Waals surface area contributed by atoms with E-state index in [0.29, 0.717) is 6.04 Å². The van der Waals surface area contributed by atoms with Gasteiger partial charge in [0.15, 0.2) is 5.65 Å². The molecule has 140 valence electrons. The third-order valence-electron chi connectivity index (χ3n) is 5.76. The van der Waals surface area contributed by atoms with E-state index in [-0.39, 0.29) is 12.5 Å². The monoisotopic (exact) mass is 356 g/mol. The molecule has 0 radical (unpaired) electrons. The van der Waals surface area contributed by atoms with Crippen molar-refractivity contribution in [3.05, 3.63) is 12.5 Å². The quantitative estimate of drug-likeness (QED) is 0.911. The Hall–Kier alpha value is -2.18. The predicted molar refractivity (Wildman–Crippen MR) is 101 cm³/mol. The average molecular weight is 356 g/mol. The molecule has 7 nitrogen and oxygen atoms in total. The molecule has 1 aliphatic heterocycles. The normalized spacial score (nSPS) is 19.8. The summed E-state index contributed by atoms with van der Waals surface area (Å²) in [4.78, 5) is 23.6. The van der Waals surface area contributed by atoms with Crippen LogP contribution in [0.4, 0.5) is 5.82 Å². The Labute approximate surface area is 154 Å². The van der Waals surface area contributed by atoms with Crippen LogP contribution in [0.3, 0.4) is 0 Å². The second kappa shape index (κ2) is 7.60. The van der Waals surface area contributed by atoms with E-state index in [1.807, 2.05) is 0 Å². The largest absolute Gasteiger partial charge is 0.356 e. The van der Waals surface area contributed by atoms with E-state index >= 15 is 0 Å². The second-order valence-corrected chi connectivity index (χ2v) is 7.81. The predicted octanol–water partition coefficient (Wildman–Crippen LogP) is 2.51.